The summed E-state index contributed by atoms with van der Waals surface area (Å²) in [7, 11) is 0. The van der Waals surface area contributed by atoms with Crippen molar-refractivity contribution in [2.45, 2.75) is 12.5 Å². The molecule has 0 saturated carbocycles. The summed E-state index contributed by atoms with van der Waals surface area (Å²) in [5, 5.41) is 4.89. The normalized spacial score (nSPS) is 12.0. The number of rotatable bonds is 6. The first-order valence-electron chi connectivity index (χ1n) is 8.33. The number of nitrogens with two attached hydrogens (primary N) is 1. The van der Waals surface area contributed by atoms with Crippen molar-refractivity contribution < 1.29 is 35.9 Å². The van der Waals surface area contributed by atoms with Gasteiger partial charge in [-0.3, -0.25) is 9.79 Å². The molecular formula is C18H17F6IN4O2. The molecule has 31 heavy (non-hydrogen) atoms. The monoisotopic (exact) mass is 562 g/mol. The molecule has 2 aromatic carbocycles. The molecule has 0 atom stereocenters. The van der Waals surface area contributed by atoms with E-state index in [1.807, 2.05) is 0 Å². The Morgan fingerprint density at radius 2 is 1.61 bits per heavy atom. The third kappa shape index (κ3) is 8.90. The number of alkyl halides is 6. The average molecular weight is 562 g/mol. The van der Waals surface area contributed by atoms with Gasteiger partial charge in [0.1, 0.15) is 0 Å². The Hall–Kier alpha value is -2.71. The quantitative estimate of drug-likeness (QED) is 0.161. The highest BCUT2D eigenvalue weighted by Gasteiger charge is 2.32. The number of benzene rings is 2. The minimum atomic E-state index is -4.88. The summed E-state index contributed by atoms with van der Waals surface area (Å²) in [4.78, 5) is 15.8. The van der Waals surface area contributed by atoms with Gasteiger partial charge in [-0.1, -0.05) is 12.1 Å². The minimum absolute atomic E-state index is 0. The second kappa shape index (κ2) is 11.1. The predicted molar refractivity (Wildman–Crippen MR) is 112 cm³/mol. The zero-order valence-electron chi connectivity index (χ0n) is 15.6. The lowest BCUT2D eigenvalue weighted by molar-refractivity contribution is -0.274. The van der Waals surface area contributed by atoms with E-state index in [9.17, 15) is 31.1 Å². The van der Waals surface area contributed by atoms with Crippen LogP contribution in [0.15, 0.2) is 53.5 Å². The number of carbonyl (C=O) groups is 1. The molecule has 4 N–H and O–H groups in total. The van der Waals surface area contributed by atoms with E-state index >= 15 is 0 Å². The van der Waals surface area contributed by atoms with Crippen LogP contribution in [0.25, 0.3) is 0 Å². The molecule has 1 amide bonds. The van der Waals surface area contributed by atoms with Gasteiger partial charge < -0.3 is 21.1 Å². The Kier molecular flexibility index (Phi) is 9.40. The first-order valence-corrected chi connectivity index (χ1v) is 8.33. The fourth-order valence-corrected chi connectivity index (χ4v) is 2.22. The standard InChI is InChI=1S/C18H16F6N4O2.HI/c19-17(20,21)12-7-5-11(6-8-12)15(29)26-9-10-27-16(25)28-13-3-1-2-4-14(13)30-18(22,23)24;/h1-8H,9-10H2,(H,26,29)(H3,25,27,28);1H. The number of anilines is 1. The van der Waals surface area contributed by atoms with Crippen molar-refractivity contribution in [1.29, 1.82) is 0 Å². The molecule has 6 nitrogen and oxygen atoms in total. The number of para-hydroxylation sites is 2. The first-order chi connectivity index (χ1) is 14.0. The molecule has 0 spiro atoms. The van der Waals surface area contributed by atoms with E-state index in [0.29, 0.717) is 0 Å². The molecule has 0 aromatic heterocycles. The van der Waals surface area contributed by atoms with Crippen molar-refractivity contribution in [3.05, 3.63) is 59.7 Å². The third-order valence-corrected chi connectivity index (χ3v) is 3.53. The van der Waals surface area contributed by atoms with Gasteiger partial charge in [0.25, 0.3) is 5.91 Å². The number of aliphatic imine (C=N–C) groups is 1. The highest BCUT2D eigenvalue weighted by Crippen LogP contribution is 2.30. The summed E-state index contributed by atoms with van der Waals surface area (Å²) in [5.74, 6) is -1.34. The molecule has 0 heterocycles. The first kappa shape index (κ1) is 26.3. The minimum Gasteiger partial charge on any atom is -0.404 e. The summed E-state index contributed by atoms with van der Waals surface area (Å²) in [6, 6.07) is 8.84. The second-order valence-electron chi connectivity index (χ2n) is 5.77. The smallest absolute Gasteiger partial charge is 0.404 e. The Labute approximate surface area is 189 Å². The van der Waals surface area contributed by atoms with Crippen LogP contribution in [0.3, 0.4) is 0 Å². The number of halogens is 7. The highest BCUT2D eigenvalue weighted by atomic mass is 127. The molecule has 13 heteroatoms. The molecule has 2 rings (SSSR count). The van der Waals surface area contributed by atoms with Crippen LogP contribution in [-0.4, -0.2) is 31.3 Å². The summed E-state index contributed by atoms with van der Waals surface area (Å²) in [6.07, 6.45) is -9.38. The lowest BCUT2D eigenvalue weighted by Crippen LogP contribution is -2.29. The number of nitrogens with zero attached hydrogens (tertiary/aromatic N) is 1. The topological polar surface area (TPSA) is 88.7 Å². The van der Waals surface area contributed by atoms with E-state index in [0.717, 1.165) is 30.3 Å². The molecule has 0 bridgehead atoms. The van der Waals surface area contributed by atoms with E-state index in [2.05, 4.69) is 20.4 Å². The Bertz CT molecular complexity index is 901. The summed E-state index contributed by atoms with van der Waals surface area (Å²) < 4.78 is 78.6. The van der Waals surface area contributed by atoms with Gasteiger partial charge in [0.2, 0.25) is 0 Å². The molecular weight excluding hydrogens is 545 g/mol. The van der Waals surface area contributed by atoms with Crippen molar-refractivity contribution in [2.24, 2.45) is 10.7 Å². The van der Waals surface area contributed by atoms with E-state index in [1.165, 1.54) is 18.2 Å². The number of carbonyl (C=O) groups excluding carboxylic acids is 1. The van der Waals surface area contributed by atoms with Crippen molar-refractivity contribution in [3.63, 3.8) is 0 Å². The fourth-order valence-electron chi connectivity index (χ4n) is 2.22. The number of guanidine groups is 1. The molecule has 2 aromatic rings. The lowest BCUT2D eigenvalue weighted by atomic mass is 10.1. The molecule has 0 aliphatic heterocycles. The van der Waals surface area contributed by atoms with Crippen LogP contribution < -0.4 is 21.1 Å². The predicted octanol–water partition coefficient (Wildman–Crippen LogP) is 4.38. The van der Waals surface area contributed by atoms with Crippen LogP contribution >= 0.6 is 24.0 Å². The Morgan fingerprint density at radius 1 is 1.00 bits per heavy atom. The van der Waals surface area contributed by atoms with E-state index in [4.69, 9.17) is 5.73 Å². The van der Waals surface area contributed by atoms with Crippen molar-refractivity contribution in [1.82, 2.24) is 5.32 Å². The number of nitrogens with one attached hydrogen (secondary N) is 2. The highest BCUT2D eigenvalue weighted by molar-refractivity contribution is 14.0. The van der Waals surface area contributed by atoms with E-state index in [1.54, 1.807) is 0 Å². The Morgan fingerprint density at radius 3 is 2.19 bits per heavy atom. The number of amides is 1. The van der Waals surface area contributed by atoms with E-state index < -0.39 is 29.8 Å². The number of hydrogen-bond acceptors (Lipinski definition) is 3. The van der Waals surface area contributed by atoms with E-state index in [-0.39, 0.29) is 54.3 Å². The molecule has 0 radical (unpaired) electrons. The van der Waals surface area contributed by atoms with Crippen molar-refractivity contribution in [2.75, 3.05) is 18.4 Å². The summed E-state index contributed by atoms with van der Waals surface area (Å²) >= 11 is 0. The maximum atomic E-state index is 12.5. The van der Waals surface area contributed by atoms with Gasteiger partial charge in [-0.2, -0.15) is 13.2 Å². The van der Waals surface area contributed by atoms with Gasteiger partial charge >= 0.3 is 12.5 Å². The molecule has 0 saturated heterocycles. The van der Waals surface area contributed by atoms with Crippen LogP contribution in [0.5, 0.6) is 5.75 Å². The second-order valence-corrected chi connectivity index (χ2v) is 5.77. The maximum Gasteiger partial charge on any atom is 0.573 e. The zero-order valence-corrected chi connectivity index (χ0v) is 17.9. The van der Waals surface area contributed by atoms with Gasteiger partial charge in [0, 0.05) is 12.1 Å². The van der Waals surface area contributed by atoms with Crippen LogP contribution in [-0.2, 0) is 6.18 Å². The third-order valence-electron chi connectivity index (χ3n) is 3.53. The molecule has 0 fully saturated rings. The van der Waals surface area contributed by atoms with Gasteiger partial charge in [0.05, 0.1) is 17.8 Å². The van der Waals surface area contributed by atoms with Gasteiger partial charge in [-0.25, -0.2) is 0 Å². The van der Waals surface area contributed by atoms with Crippen LogP contribution in [0.1, 0.15) is 15.9 Å². The van der Waals surface area contributed by atoms with Gasteiger partial charge in [-0.15, -0.1) is 37.1 Å². The van der Waals surface area contributed by atoms with Gasteiger partial charge in [0.15, 0.2) is 11.7 Å². The largest absolute Gasteiger partial charge is 0.573 e. The zero-order chi connectivity index (χ0) is 22.4. The molecule has 170 valence electrons. The average Bonchev–Trinajstić information content (AvgIpc) is 2.65. The fraction of sp³-hybridized carbons (Fsp3) is 0.222. The number of hydrogen-bond donors (Lipinski definition) is 3. The Balaban J connectivity index is 0.00000480. The molecule has 0 aliphatic rings. The van der Waals surface area contributed by atoms with Crippen LogP contribution in [0.2, 0.25) is 0 Å². The molecule has 0 aliphatic carbocycles. The molecule has 0 unspecified atom stereocenters. The van der Waals surface area contributed by atoms with Crippen molar-refractivity contribution in [3.8, 4) is 5.75 Å². The number of ether oxygens (including phenoxy) is 1. The lowest BCUT2D eigenvalue weighted by Gasteiger charge is -2.14. The van der Waals surface area contributed by atoms with Gasteiger partial charge in [-0.05, 0) is 36.4 Å². The van der Waals surface area contributed by atoms with Crippen LogP contribution in [0, 0.1) is 0 Å². The SMILES string of the molecule is I.NC(=NCCNC(=O)c1ccc(C(F)(F)F)cc1)Nc1ccccc1OC(F)(F)F. The summed E-state index contributed by atoms with van der Waals surface area (Å²) in [6.45, 7) is -0.0452. The van der Waals surface area contributed by atoms with Crippen molar-refractivity contribution >= 4 is 41.5 Å². The summed E-state index contributed by atoms with van der Waals surface area (Å²) in [5.41, 5.74) is 4.69. The maximum absolute atomic E-state index is 12.5. The van der Waals surface area contributed by atoms with Crippen LogP contribution in [0.4, 0.5) is 32.0 Å².